The maximum Gasteiger partial charge on any atom is 0.391 e. The molecule has 2 aliphatic rings. The van der Waals surface area contributed by atoms with Crippen molar-refractivity contribution in [1.82, 2.24) is 0 Å². The molecular weight excluding hydrogens is 442 g/mol. The minimum absolute atomic E-state index is 0.0143. The smallest absolute Gasteiger partial charge is 0.386 e. The lowest BCUT2D eigenvalue weighted by molar-refractivity contribution is -0.137. The van der Waals surface area contributed by atoms with Gasteiger partial charge in [0, 0.05) is 16.4 Å². The standard InChI is InChI=1S/C19H19F4N3O2S2/c1-17(10-30(27,28)18(2,16(25)26-17)9-19(21,22)23)15-13(20)7-14(29-15)12-5-3-4-11(6-12)8-24/h3-5,7,12H,6,9-10H2,1-2H3,(H2,25,26)/t12?,17-,18+/m0/s1. The van der Waals surface area contributed by atoms with Gasteiger partial charge in [-0.1, -0.05) is 12.2 Å². The Morgan fingerprint density at radius 2 is 2.07 bits per heavy atom. The molecule has 0 saturated carbocycles. The van der Waals surface area contributed by atoms with Crippen LogP contribution in [0.4, 0.5) is 17.6 Å². The number of nitrogens with zero attached hydrogens (tertiary/aromatic N) is 2. The van der Waals surface area contributed by atoms with Crippen molar-refractivity contribution in [3.05, 3.63) is 45.4 Å². The van der Waals surface area contributed by atoms with Gasteiger partial charge in [-0.15, -0.1) is 11.3 Å². The Hall–Kier alpha value is -2.19. The summed E-state index contributed by atoms with van der Waals surface area (Å²) in [5.41, 5.74) is 4.62. The molecule has 30 heavy (non-hydrogen) atoms. The molecule has 1 aromatic rings. The fraction of sp³-hybridized carbons (Fsp3) is 0.474. The van der Waals surface area contributed by atoms with Gasteiger partial charge in [-0.3, -0.25) is 4.99 Å². The quantitative estimate of drug-likeness (QED) is 0.686. The number of nitrogens with two attached hydrogens (primary N) is 1. The molecule has 0 spiro atoms. The number of sulfone groups is 1. The van der Waals surface area contributed by atoms with Crippen molar-refractivity contribution < 1.29 is 26.0 Å². The van der Waals surface area contributed by atoms with E-state index in [4.69, 9.17) is 11.0 Å². The molecular formula is C19H19F4N3O2S2. The molecule has 0 fully saturated rings. The normalized spacial score (nSPS) is 31.0. The van der Waals surface area contributed by atoms with Gasteiger partial charge in [-0.05, 0) is 32.4 Å². The van der Waals surface area contributed by atoms with E-state index in [1.54, 1.807) is 18.2 Å². The molecule has 0 saturated heterocycles. The number of allylic oxidation sites excluding steroid dienone is 4. The Morgan fingerprint density at radius 1 is 1.40 bits per heavy atom. The first-order valence-electron chi connectivity index (χ1n) is 8.93. The first kappa shape index (κ1) is 22.5. The number of amidine groups is 1. The third kappa shape index (κ3) is 3.90. The molecule has 162 valence electrons. The van der Waals surface area contributed by atoms with Crippen LogP contribution in [0.2, 0.25) is 0 Å². The predicted octanol–water partition coefficient (Wildman–Crippen LogP) is 4.09. The number of thiophene rings is 1. The molecule has 1 aromatic heterocycles. The summed E-state index contributed by atoms with van der Waals surface area (Å²) in [5, 5.41) is 9.08. The number of rotatable bonds is 3. The summed E-state index contributed by atoms with van der Waals surface area (Å²) in [7, 11) is -4.41. The topological polar surface area (TPSA) is 96.3 Å². The van der Waals surface area contributed by atoms with Gasteiger partial charge in [0.2, 0.25) is 0 Å². The molecule has 3 rings (SSSR count). The molecule has 3 atom stereocenters. The average Bonchev–Trinajstić information content (AvgIpc) is 3.01. The summed E-state index contributed by atoms with van der Waals surface area (Å²) >= 11 is 0.988. The van der Waals surface area contributed by atoms with Crippen molar-refractivity contribution in [2.45, 2.75) is 49.1 Å². The Kier molecular flexibility index (Phi) is 5.40. The summed E-state index contributed by atoms with van der Waals surface area (Å²) in [5.74, 6) is -2.45. The number of halogens is 4. The third-order valence-corrected chi connectivity index (χ3v) is 9.55. The maximum atomic E-state index is 14.8. The molecule has 1 aliphatic heterocycles. The van der Waals surface area contributed by atoms with Crippen LogP contribution in [0.25, 0.3) is 0 Å². The molecule has 0 amide bonds. The summed E-state index contributed by atoms with van der Waals surface area (Å²) in [6, 6.07) is 3.30. The van der Waals surface area contributed by atoms with Gasteiger partial charge in [0.1, 0.15) is 21.9 Å². The molecule has 5 nitrogen and oxygen atoms in total. The lowest BCUT2D eigenvalue weighted by Crippen LogP contribution is -2.58. The number of alkyl halides is 3. The van der Waals surface area contributed by atoms with Crippen molar-refractivity contribution in [2.75, 3.05) is 5.75 Å². The van der Waals surface area contributed by atoms with Crippen LogP contribution in [0, 0.1) is 17.1 Å². The van der Waals surface area contributed by atoms with Crippen molar-refractivity contribution in [2.24, 2.45) is 10.7 Å². The Morgan fingerprint density at radius 3 is 2.63 bits per heavy atom. The first-order chi connectivity index (χ1) is 13.7. The second-order valence-electron chi connectivity index (χ2n) is 7.88. The van der Waals surface area contributed by atoms with Crippen LogP contribution in [0.3, 0.4) is 0 Å². The zero-order chi connectivity index (χ0) is 22.5. The van der Waals surface area contributed by atoms with Crippen molar-refractivity contribution in [3.63, 3.8) is 0 Å². The fourth-order valence-electron chi connectivity index (χ4n) is 3.70. The van der Waals surface area contributed by atoms with Crippen molar-refractivity contribution in [3.8, 4) is 6.07 Å². The highest BCUT2D eigenvalue weighted by Crippen LogP contribution is 2.46. The van der Waals surface area contributed by atoms with Crippen LogP contribution >= 0.6 is 11.3 Å². The van der Waals surface area contributed by atoms with Crippen molar-refractivity contribution in [1.29, 1.82) is 5.26 Å². The van der Waals surface area contributed by atoms with Crippen LogP contribution in [-0.4, -0.2) is 30.9 Å². The number of nitriles is 1. The second-order valence-corrected chi connectivity index (χ2v) is 11.4. The monoisotopic (exact) mass is 461 g/mol. The number of hydrogen-bond acceptors (Lipinski definition) is 6. The minimum atomic E-state index is -4.77. The Bertz CT molecular complexity index is 1110. The van der Waals surface area contributed by atoms with Crippen LogP contribution < -0.4 is 5.73 Å². The van der Waals surface area contributed by atoms with E-state index in [0.717, 1.165) is 18.3 Å². The largest absolute Gasteiger partial charge is 0.391 e. The van der Waals surface area contributed by atoms with E-state index in [0.29, 0.717) is 16.9 Å². The van der Waals surface area contributed by atoms with Crippen LogP contribution in [0.1, 0.15) is 42.4 Å². The third-order valence-electron chi connectivity index (χ3n) is 5.39. The number of aliphatic imine (C=N–C) groups is 1. The van der Waals surface area contributed by atoms with Gasteiger partial charge in [0.15, 0.2) is 9.84 Å². The number of hydrogen-bond donors (Lipinski definition) is 1. The lowest BCUT2D eigenvalue weighted by atomic mass is 9.93. The first-order valence-corrected chi connectivity index (χ1v) is 11.4. The molecule has 2 N–H and O–H groups in total. The van der Waals surface area contributed by atoms with E-state index < -0.39 is 50.1 Å². The average molecular weight is 462 g/mol. The van der Waals surface area contributed by atoms with E-state index >= 15 is 0 Å². The molecule has 2 heterocycles. The van der Waals surface area contributed by atoms with Gasteiger partial charge in [-0.2, -0.15) is 18.4 Å². The van der Waals surface area contributed by atoms with E-state index in [9.17, 15) is 26.0 Å². The minimum Gasteiger partial charge on any atom is -0.386 e. The molecule has 0 aromatic carbocycles. The fourth-order valence-corrected chi connectivity index (χ4v) is 7.01. The summed E-state index contributed by atoms with van der Waals surface area (Å²) in [4.78, 5) is 4.62. The van der Waals surface area contributed by atoms with E-state index in [1.807, 2.05) is 0 Å². The molecule has 1 aliphatic carbocycles. The molecule has 0 radical (unpaired) electrons. The molecule has 0 bridgehead atoms. The van der Waals surface area contributed by atoms with Crippen LogP contribution in [0.15, 0.2) is 34.9 Å². The van der Waals surface area contributed by atoms with Gasteiger partial charge in [0.05, 0.1) is 23.1 Å². The van der Waals surface area contributed by atoms with Gasteiger partial charge in [-0.25, -0.2) is 12.8 Å². The van der Waals surface area contributed by atoms with Gasteiger partial charge >= 0.3 is 6.18 Å². The summed E-state index contributed by atoms with van der Waals surface area (Å²) in [6.45, 7) is 2.24. The van der Waals surface area contributed by atoms with Crippen LogP contribution in [-0.2, 0) is 15.4 Å². The highest BCUT2D eigenvalue weighted by Gasteiger charge is 2.56. The van der Waals surface area contributed by atoms with E-state index in [-0.39, 0.29) is 10.8 Å². The van der Waals surface area contributed by atoms with E-state index in [1.165, 1.54) is 13.0 Å². The van der Waals surface area contributed by atoms with Crippen LogP contribution in [0.5, 0.6) is 0 Å². The second kappa shape index (κ2) is 7.20. The van der Waals surface area contributed by atoms with Crippen molar-refractivity contribution >= 4 is 27.0 Å². The molecule has 1 unspecified atom stereocenters. The lowest BCUT2D eigenvalue weighted by Gasteiger charge is -2.39. The maximum absolute atomic E-state index is 14.8. The zero-order valence-corrected chi connectivity index (χ0v) is 17.8. The Balaban J connectivity index is 2.02. The zero-order valence-electron chi connectivity index (χ0n) is 16.1. The summed E-state index contributed by atoms with van der Waals surface area (Å²) < 4.78 is 77.1. The highest BCUT2D eigenvalue weighted by molar-refractivity contribution is 7.93. The predicted molar refractivity (Wildman–Crippen MR) is 106 cm³/mol. The molecule has 11 heteroatoms. The van der Waals surface area contributed by atoms with Gasteiger partial charge < -0.3 is 5.73 Å². The highest BCUT2D eigenvalue weighted by atomic mass is 32.2. The van der Waals surface area contributed by atoms with E-state index in [2.05, 4.69) is 11.1 Å². The SMILES string of the molecule is C[C@@]1(c2sc(C3C=CC=C(C#N)C3)cc2F)CS(=O)(=O)[C@](C)(CC(F)(F)F)C(N)=N1. The van der Waals surface area contributed by atoms with Gasteiger partial charge in [0.25, 0.3) is 0 Å². The Labute approximate surface area is 175 Å². The summed E-state index contributed by atoms with van der Waals surface area (Å²) in [6.07, 6.45) is -0.916.